The molecular weight excluding hydrogens is 1120 g/mol. The van der Waals surface area contributed by atoms with Crippen LogP contribution in [0.25, 0.3) is 21.8 Å². The molecule has 7 aliphatic rings. The molecule has 9 heterocycles. The number of benzene rings is 3. The first kappa shape index (κ1) is 64.6. The smallest absolute Gasteiger partial charge is 0.373 e. The summed E-state index contributed by atoms with van der Waals surface area (Å²) < 4.78 is 54.3. The second-order valence-corrected chi connectivity index (χ2v) is 23.3. The zero-order chi connectivity index (χ0) is 65.7. The number of nitrogens with zero attached hydrogens (tertiary/aromatic N) is 4. The first-order valence-corrected chi connectivity index (χ1v) is 30.4. The van der Waals surface area contributed by atoms with E-state index in [2.05, 4.69) is 90.2 Å². The summed E-state index contributed by atoms with van der Waals surface area (Å²) in [5.74, 6) is 5.38. The molecule has 3 fully saturated rings. The maximum atomic E-state index is 11.7. The van der Waals surface area contributed by atoms with E-state index in [-0.39, 0.29) is 24.4 Å². The number of H-pyrrole nitrogens is 2. The van der Waals surface area contributed by atoms with Crippen LogP contribution in [0.3, 0.4) is 0 Å². The number of rotatable bonds is 12. The third-order valence-electron chi connectivity index (χ3n) is 19.0. The first-order chi connectivity index (χ1) is 43.3. The van der Waals surface area contributed by atoms with E-state index >= 15 is 0 Å². The molecule has 0 spiro atoms. The van der Waals surface area contributed by atoms with Crippen LogP contribution in [0.1, 0.15) is 123 Å². The van der Waals surface area contributed by atoms with Crippen LogP contribution >= 0.6 is 0 Å². The van der Waals surface area contributed by atoms with Gasteiger partial charge < -0.3 is 43.5 Å². The van der Waals surface area contributed by atoms with Crippen LogP contribution in [0.5, 0.6) is 17.2 Å². The quantitative estimate of drug-likeness (QED) is 0.0779. The second kappa shape index (κ2) is 31.3. The van der Waals surface area contributed by atoms with Crippen molar-refractivity contribution in [2.24, 2.45) is 40.5 Å². The molecule has 19 heteroatoms. The highest BCUT2D eigenvalue weighted by molar-refractivity contribution is 6.06. The summed E-state index contributed by atoms with van der Waals surface area (Å²) in [6.45, 7) is 18.9. The zero-order valence-electron chi connectivity index (χ0n) is 55.1. The minimum Gasteiger partial charge on any atom is -0.504 e. The van der Waals surface area contributed by atoms with Crippen LogP contribution < -0.4 is 14.2 Å². The monoisotopic (exact) mass is 1210 g/mol. The highest BCUT2D eigenvalue weighted by Crippen LogP contribution is 2.52. The van der Waals surface area contributed by atoms with Gasteiger partial charge in [0.2, 0.25) is 5.71 Å². The molecule has 0 amide bonds. The number of aliphatic hydroxyl groups is 1. The number of aromatic amines is 2. The minimum absolute atomic E-state index is 0.231. The van der Waals surface area contributed by atoms with E-state index < -0.39 is 17.6 Å². The van der Waals surface area contributed by atoms with Crippen molar-refractivity contribution in [2.75, 3.05) is 81.9 Å². The average molecular weight is 1210 g/mol. The maximum Gasteiger partial charge on any atom is 0.373 e. The Labute approximate surface area is 519 Å². The fraction of sp³-hybridized carbons (Fsp3) is 0.522. The molecule has 0 bridgehead atoms. The van der Waals surface area contributed by atoms with Crippen molar-refractivity contribution in [1.82, 2.24) is 19.8 Å². The fourth-order valence-corrected chi connectivity index (χ4v) is 14.9. The number of allylic oxidation sites excluding steroid dienone is 3. The highest BCUT2D eigenvalue weighted by Gasteiger charge is 2.54. The van der Waals surface area contributed by atoms with Gasteiger partial charge in [-0.05, 0) is 135 Å². The number of nitrogens with one attached hydrogen (secondary N) is 2. The number of ether oxygens (including phenoxy) is 6. The minimum atomic E-state index is -1.23. The summed E-state index contributed by atoms with van der Waals surface area (Å²) in [5, 5.41) is 14.1. The third kappa shape index (κ3) is 13.9. The lowest BCUT2D eigenvalue weighted by atomic mass is 9.70. The van der Waals surface area contributed by atoms with Gasteiger partial charge >= 0.3 is 18.5 Å². The zero-order valence-corrected chi connectivity index (χ0v) is 53.1. The molecule has 12 rings (SSSR count). The normalized spacial score (nSPS) is 27.0. The Bertz CT molecular complexity index is 3580. The molecule has 88 heavy (non-hydrogen) atoms. The van der Waals surface area contributed by atoms with Crippen molar-refractivity contribution in [3.63, 3.8) is 0 Å². The highest BCUT2D eigenvalue weighted by atomic mass is 16.5. The van der Waals surface area contributed by atoms with E-state index in [0.717, 1.165) is 116 Å². The number of hydrogen-bond donors (Lipinski definition) is 3. The summed E-state index contributed by atoms with van der Waals surface area (Å²) in [5.41, 5.74) is 13.3. The molecule has 9 atom stereocenters. The molecule has 3 saturated heterocycles. The van der Waals surface area contributed by atoms with E-state index in [1.807, 2.05) is 42.9 Å². The topological polar surface area (TPSA) is 231 Å². The summed E-state index contributed by atoms with van der Waals surface area (Å²) in [6, 6.07) is 16.3. The van der Waals surface area contributed by atoms with Gasteiger partial charge in [0.1, 0.15) is 41.6 Å². The van der Waals surface area contributed by atoms with Gasteiger partial charge in [-0.25, -0.2) is 4.58 Å². The third-order valence-corrected chi connectivity index (χ3v) is 19.0. The Hall–Kier alpha value is -7.88. The van der Waals surface area contributed by atoms with Gasteiger partial charge in [-0.15, -0.1) is 0 Å². The van der Waals surface area contributed by atoms with E-state index in [1.165, 1.54) is 51.0 Å². The van der Waals surface area contributed by atoms with Gasteiger partial charge in [0.25, 0.3) is 0 Å². The van der Waals surface area contributed by atoms with E-state index in [4.69, 9.17) is 62.2 Å². The molecule has 5 aromatic rings. The van der Waals surface area contributed by atoms with Gasteiger partial charge in [-0.2, -0.15) is 28.8 Å². The lowest BCUT2D eigenvalue weighted by Crippen LogP contribution is -2.60. The first-order valence-electron chi connectivity index (χ1n) is 31.4. The second-order valence-electron chi connectivity index (χ2n) is 23.3. The van der Waals surface area contributed by atoms with E-state index in [0.29, 0.717) is 60.4 Å². The van der Waals surface area contributed by atoms with Gasteiger partial charge in [0, 0.05) is 78.4 Å². The molecule has 3 aromatic carbocycles. The van der Waals surface area contributed by atoms with Crippen molar-refractivity contribution in [3.05, 3.63) is 118 Å². The van der Waals surface area contributed by atoms with Gasteiger partial charge in [-0.3, -0.25) is 14.8 Å². The fourth-order valence-electron chi connectivity index (χ4n) is 14.9. The summed E-state index contributed by atoms with van der Waals surface area (Å²) in [4.78, 5) is 65.4. The molecule has 0 unspecified atom stereocenters. The Kier molecular flexibility index (Phi) is 23.0. The number of carbonyl (C=O) groups excluding carboxylic acids is 6. The molecular formula is C69H89N6O13+. The van der Waals surface area contributed by atoms with E-state index in [9.17, 15) is 7.85 Å². The number of fused-ring (bicyclic) bond motifs is 14. The molecule has 3 N–H and O–H groups in total. The van der Waals surface area contributed by atoms with Gasteiger partial charge in [-0.1, -0.05) is 51.8 Å². The Morgan fingerprint density at radius 1 is 0.659 bits per heavy atom. The van der Waals surface area contributed by atoms with Crippen molar-refractivity contribution >= 4 is 57.4 Å². The summed E-state index contributed by atoms with van der Waals surface area (Å²) in [6.07, 6.45) is 14.8. The van der Waals surface area contributed by atoms with Crippen molar-refractivity contribution in [1.29, 1.82) is 0 Å². The number of methoxy groups -OCH3 is 6. The Morgan fingerprint density at radius 2 is 1.15 bits per heavy atom. The predicted octanol–water partition coefficient (Wildman–Crippen LogP) is 10.7. The molecule has 0 radical (unpaired) electrons. The molecule has 0 saturated carbocycles. The average Bonchev–Trinajstić information content (AvgIpc) is 1.49. The van der Waals surface area contributed by atoms with Crippen LogP contribution in [0.2, 0.25) is 0 Å². The van der Waals surface area contributed by atoms with Crippen molar-refractivity contribution in [2.45, 2.75) is 117 Å². The lowest BCUT2D eigenvalue weighted by Gasteiger charge is -2.50. The van der Waals surface area contributed by atoms with Crippen LogP contribution in [-0.4, -0.2) is 147 Å². The molecule has 7 aliphatic heterocycles. The Balaban J connectivity index is 0.000000180. The maximum absolute atomic E-state index is 11.7. The van der Waals surface area contributed by atoms with Crippen molar-refractivity contribution < 1.29 is 69.6 Å². The summed E-state index contributed by atoms with van der Waals surface area (Å²) in [7, 11) is 10.2. The van der Waals surface area contributed by atoms with Crippen LogP contribution in [-0.2, 0) is 61.4 Å². The van der Waals surface area contributed by atoms with Gasteiger partial charge in [0.15, 0.2) is 0 Å². The van der Waals surface area contributed by atoms with E-state index in [1.54, 1.807) is 48.9 Å². The number of piperidine rings is 3. The standard InChI is InChI=1S/C22H30N2O3.C22H30N2O2.C22H28N2O2.3CO2/c1-5-15-12-24-10-9-22(25)20-17(7-6-8-19(20)27-4)23-21(22)18(24)11-16(15)14(2)13-26-3;2*1-5-15-12-24-10-9-16-21-18(7-6-8-20(21)26-4)23-22(16)19(24)11-17(15)14(2)13-25-3;3*2-1-3/h6-8,13,15-16,18,25H,5,9-12H2,1-4H3;6-8,13,15,17,19,23H,5,9-12H2,1-4H3;6-8,13,15,17H,5,9-12H2,1-4H3;;;/p+1/b3*14-13-;;;/t15-,16-,18+,22+;15-,17-,19+;15-,17-;;;/m111.../s1/i18D;19D;;;;. The predicted molar refractivity (Wildman–Crippen MR) is 332 cm³/mol. The van der Waals surface area contributed by atoms with Crippen LogP contribution in [0.15, 0.2) is 95.1 Å². The molecule has 0 aliphatic carbocycles. The summed E-state index contributed by atoms with van der Waals surface area (Å²) >= 11 is 0. The molecule has 2 aromatic heterocycles. The number of hydrogen-bond acceptors (Lipinski definition) is 16. The molecule has 472 valence electrons. The van der Waals surface area contributed by atoms with Gasteiger partial charge in [0.05, 0.1) is 98.7 Å². The van der Waals surface area contributed by atoms with Crippen LogP contribution in [0, 0.1) is 35.5 Å². The number of aliphatic imine (C=N–C) groups is 1. The van der Waals surface area contributed by atoms with Crippen molar-refractivity contribution in [3.8, 4) is 17.2 Å². The molecule has 19 nitrogen and oxygen atoms in total. The number of aromatic nitrogens is 2. The SMILES string of the molecule is CC[C@@H]1C[N+]2=C(C[C@@H]1/C(C)=C\OC)c1[nH]c3cccc(OC)c3c1CC2.O=C=O.O=C=O.O=C=O.[2H][C@@]12C[C@H](/C(C)=C\OC)[C@H](CC)CN1CC[C@@]1(O)C2=Nc2cccc(OC)c21.[2H][C@@]12C[C@H](/C(C)=C\OC)[C@H](CC)CN1CCc1c2[nH]c2cccc(OC)c12. The Morgan fingerprint density at radius 3 is 1.68 bits per heavy atom. The lowest BCUT2D eigenvalue weighted by molar-refractivity contribution is -0.543. The van der Waals surface area contributed by atoms with Crippen LogP contribution in [0.4, 0.5) is 5.69 Å². The largest absolute Gasteiger partial charge is 0.504 e.